The number of benzene rings is 8. The fourth-order valence-electron chi connectivity index (χ4n) is 12.5. The first-order chi connectivity index (χ1) is 35.9. The zero-order chi connectivity index (χ0) is 49.7. The molecule has 0 bridgehead atoms. The Hall–Kier alpha value is -6.64. The predicted octanol–water partition coefficient (Wildman–Crippen LogP) is 20.2. The molecule has 8 aromatic carbocycles. The van der Waals surface area contributed by atoms with Crippen LogP contribution in [-0.4, -0.2) is 7.05 Å². The van der Waals surface area contributed by atoms with Crippen LogP contribution in [0.15, 0.2) is 170 Å². The third-order valence-electron chi connectivity index (χ3n) is 17.1. The summed E-state index contributed by atoms with van der Waals surface area (Å²) in [5.41, 5.74) is 26.8. The SMILES string of the molecule is CCCCCCCCC1(CCCCCCCC)c2cc(N(C)c3cccc(-c4ccc5c(c4)CC5)c3)ccc2-c2ccc(N(c3ccc(-c4ccc(C)cc4)cc3)c3cccc(-c4ccc5c(c4)CC5)c3)cc21. The molecule has 3 aliphatic rings. The summed E-state index contributed by atoms with van der Waals surface area (Å²) in [6.45, 7) is 6.83. The lowest BCUT2D eigenvalue weighted by molar-refractivity contribution is 0.398. The van der Waals surface area contributed by atoms with Crippen LogP contribution in [0.25, 0.3) is 44.5 Å². The molecule has 0 radical (unpaired) electrons. The van der Waals surface area contributed by atoms with Crippen molar-refractivity contribution in [3.63, 3.8) is 0 Å². The number of hydrogen-bond donors (Lipinski definition) is 0. The summed E-state index contributed by atoms with van der Waals surface area (Å²) in [6.07, 6.45) is 22.7. The van der Waals surface area contributed by atoms with Crippen LogP contribution in [0.4, 0.5) is 28.4 Å². The number of hydrogen-bond acceptors (Lipinski definition) is 2. The van der Waals surface area contributed by atoms with E-state index in [1.54, 1.807) is 0 Å². The lowest BCUT2D eigenvalue weighted by Crippen LogP contribution is -2.26. The minimum atomic E-state index is -0.102. The van der Waals surface area contributed by atoms with Crippen molar-refractivity contribution in [2.75, 3.05) is 16.8 Å². The molecule has 2 heteroatoms. The van der Waals surface area contributed by atoms with Gasteiger partial charge in [0, 0.05) is 40.9 Å². The van der Waals surface area contributed by atoms with Gasteiger partial charge in [0.2, 0.25) is 0 Å². The first-order valence-electron chi connectivity index (χ1n) is 28.3. The standard InChI is InChI=1S/C71H76N2/c1-5-7-9-11-13-15-43-71(44-16-14-12-10-8-6-2)69-49-64(72(4)63-21-17-19-56(47-63)60-33-29-54-27-31-58(54)45-60)39-41-67(69)68-42-40-66(50-70(68)71)73(62-37-35-53(36-38-62)52-25-23-51(3)24-26-52)65-22-18-20-57(48-65)61-34-30-55-28-32-59(55)46-61/h17-26,29-30,33-42,45-50H,5-16,27-28,31-32,43-44H2,1-4H3. The van der Waals surface area contributed by atoms with E-state index in [9.17, 15) is 0 Å². The summed E-state index contributed by atoms with van der Waals surface area (Å²) in [5.74, 6) is 0. The molecule has 11 rings (SSSR count). The molecule has 0 atom stereocenters. The first-order valence-corrected chi connectivity index (χ1v) is 28.3. The molecule has 0 aromatic heterocycles. The monoisotopic (exact) mass is 957 g/mol. The molecular formula is C71H76N2. The van der Waals surface area contributed by atoms with E-state index in [1.165, 1.54) is 215 Å². The molecule has 73 heavy (non-hydrogen) atoms. The lowest BCUT2D eigenvalue weighted by atomic mass is 9.70. The molecule has 0 aliphatic heterocycles. The minimum Gasteiger partial charge on any atom is -0.345 e. The van der Waals surface area contributed by atoms with Gasteiger partial charge in [-0.15, -0.1) is 0 Å². The molecule has 2 nitrogen and oxygen atoms in total. The van der Waals surface area contributed by atoms with Gasteiger partial charge in [-0.2, -0.15) is 0 Å². The molecule has 0 spiro atoms. The summed E-state index contributed by atoms with van der Waals surface area (Å²) in [6, 6.07) is 66.0. The molecule has 0 saturated carbocycles. The van der Waals surface area contributed by atoms with Gasteiger partial charge >= 0.3 is 0 Å². The normalized spacial score (nSPS) is 13.6. The second-order valence-corrected chi connectivity index (χ2v) is 22.0. The molecule has 3 aliphatic carbocycles. The molecule has 0 heterocycles. The van der Waals surface area contributed by atoms with Crippen molar-refractivity contribution in [3.05, 3.63) is 209 Å². The summed E-state index contributed by atoms with van der Waals surface area (Å²) in [7, 11) is 2.28. The predicted molar refractivity (Wildman–Crippen MR) is 314 cm³/mol. The van der Waals surface area contributed by atoms with Crippen LogP contribution >= 0.6 is 0 Å². The number of unbranched alkanes of at least 4 members (excludes halogenated alkanes) is 10. The van der Waals surface area contributed by atoms with E-state index in [0.29, 0.717) is 0 Å². The first kappa shape index (κ1) is 48.6. The Morgan fingerprint density at radius 1 is 0.356 bits per heavy atom. The second-order valence-electron chi connectivity index (χ2n) is 22.0. The van der Waals surface area contributed by atoms with Crippen molar-refractivity contribution < 1.29 is 0 Å². The third-order valence-corrected chi connectivity index (χ3v) is 17.1. The summed E-state index contributed by atoms with van der Waals surface area (Å²) < 4.78 is 0. The molecule has 370 valence electrons. The van der Waals surface area contributed by atoms with Gasteiger partial charge in [0.05, 0.1) is 0 Å². The second kappa shape index (κ2) is 21.8. The Balaban J connectivity index is 1.02. The molecule has 0 unspecified atom stereocenters. The summed E-state index contributed by atoms with van der Waals surface area (Å²) in [4.78, 5) is 4.98. The summed E-state index contributed by atoms with van der Waals surface area (Å²) in [5, 5.41) is 0. The van der Waals surface area contributed by atoms with Crippen LogP contribution in [-0.2, 0) is 31.1 Å². The van der Waals surface area contributed by atoms with Gasteiger partial charge < -0.3 is 9.80 Å². The smallest absolute Gasteiger partial charge is 0.0467 e. The van der Waals surface area contributed by atoms with Crippen molar-refractivity contribution in [2.24, 2.45) is 0 Å². The van der Waals surface area contributed by atoms with Gasteiger partial charge in [0.1, 0.15) is 0 Å². The Labute approximate surface area is 438 Å². The lowest BCUT2D eigenvalue weighted by Gasteiger charge is -2.35. The Kier molecular flexibility index (Phi) is 14.5. The van der Waals surface area contributed by atoms with E-state index in [4.69, 9.17) is 0 Å². The fourth-order valence-corrected chi connectivity index (χ4v) is 12.5. The summed E-state index contributed by atoms with van der Waals surface area (Å²) >= 11 is 0. The van der Waals surface area contributed by atoms with Gasteiger partial charge in [-0.05, 0) is 184 Å². The van der Waals surface area contributed by atoms with E-state index in [0.717, 1.165) is 12.8 Å². The fraction of sp³-hybridized carbons (Fsp3) is 0.324. The molecule has 0 N–H and O–H groups in total. The van der Waals surface area contributed by atoms with Crippen molar-refractivity contribution in [3.8, 4) is 44.5 Å². The number of anilines is 5. The van der Waals surface area contributed by atoms with E-state index in [1.807, 2.05) is 0 Å². The van der Waals surface area contributed by atoms with Crippen LogP contribution in [0.3, 0.4) is 0 Å². The maximum absolute atomic E-state index is 2.64. The number of fused-ring (bicyclic) bond motifs is 5. The average Bonchev–Trinajstić information content (AvgIpc) is 3.67. The highest BCUT2D eigenvalue weighted by Crippen LogP contribution is 2.57. The topological polar surface area (TPSA) is 6.48 Å². The van der Waals surface area contributed by atoms with Gasteiger partial charge in [-0.3, -0.25) is 0 Å². The van der Waals surface area contributed by atoms with E-state index >= 15 is 0 Å². The third kappa shape index (κ3) is 10.1. The highest BCUT2D eigenvalue weighted by atomic mass is 15.1. The van der Waals surface area contributed by atoms with Gasteiger partial charge in [0.15, 0.2) is 0 Å². The quantitative estimate of drug-likeness (QED) is 0.0625. The minimum absolute atomic E-state index is 0.102. The van der Waals surface area contributed by atoms with Crippen LogP contribution in [0.1, 0.15) is 143 Å². The van der Waals surface area contributed by atoms with Crippen LogP contribution < -0.4 is 9.80 Å². The number of rotatable bonds is 22. The van der Waals surface area contributed by atoms with Crippen molar-refractivity contribution in [1.29, 1.82) is 0 Å². The highest BCUT2D eigenvalue weighted by Gasteiger charge is 2.43. The molecule has 0 saturated heterocycles. The van der Waals surface area contributed by atoms with E-state index < -0.39 is 0 Å². The maximum Gasteiger partial charge on any atom is 0.0467 e. The molecule has 8 aromatic rings. The Morgan fingerprint density at radius 2 is 0.767 bits per heavy atom. The molecule has 0 fully saturated rings. The Morgan fingerprint density at radius 3 is 1.30 bits per heavy atom. The zero-order valence-corrected chi connectivity index (χ0v) is 44.3. The largest absolute Gasteiger partial charge is 0.345 e. The zero-order valence-electron chi connectivity index (χ0n) is 44.3. The van der Waals surface area contributed by atoms with Gasteiger partial charge in [-0.1, -0.05) is 206 Å². The van der Waals surface area contributed by atoms with Crippen LogP contribution in [0, 0.1) is 6.92 Å². The Bertz CT molecular complexity index is 3170. The van der Waals surface area contributed by atoms with Crippen molar-refractivity contribution in [2.45, 2.75) is 142 Å². The van der Waals surface area contributed by atoms with Crippen LogP contribution in [0.5, 0.6) is 0 Å². The van der Waals surface area contributed by atoms with Gasteiger partial charge in [-0.25, -0.2) is 0 Å². The van der Waals surface area contributed by atoms with Crippen molar-refractivity contribution in [1.82, 2.24) is 0 Å². The van der Waals surface area contributed by atoms with Crippen molar-refractivity contribution >= 4 is 28.4 Å². The highest BCUT2D eigenvalue weighted by molar-refractivity contribution is 5.88. The molecular weight excluding hydrogens is 881 g/mol. The van der Waals surface area contributed by atoms with E-state index in [-0.39, 0.29) is 5.41 Å². The average molecular weight is 957 g/mol. The number of aryl methyl sites for hydroxylation is 5. The van der Waals surface area contributed by atoms with Crippen LogP contribution in [0.2, 0.25) is 0 Å². The van der Waals surface area contributed by atoms with Gasteiger partial charge in [0.25, 0.3) is 0 Å². The molecule has 0 amide bonds. The van der Waals surface area contributed by atoms with E-state index in [2.05, 4.69) is 207 Å². The number of nitrogens with zero attached hydrogens (tertiary/aromatic N) is 2. The maximum atomic E-state index is 2.64.